The summed E-state index contributed by atoms with van der Waals surface area (Å²) in [7, 11) is 0. The van der Waals surface area contributed by atoms with Crippen LogP contribution in [0.5, 0.6) is 0 Å². The van der Waals surface area contributed by atoms with Gasteiger partial charge in [-0.3, -0.25) is 0 Å². The molecule has 0 N–H and O–H groups in total. The van der Waals surface area contributed by atoms with E-state index in [0.717, 1.165) is 19.8 Å². The highest BCUT2D eigenvalue weighted by atomic mass is 79.9. The molecule has 1 atom stereocenters. The molecule has 1 aliphatic rings. The Hall–Kier alpha value is 0.400. The van der Waals surface area contributed by atoms with Crippen molar-refractivity contribution in [2.75, 3.05) is 25.2 Å². The molecular weight excluding hydrogens is 328 g/mol. The third-order valence-electron chi connectivity index (χ3n) is 4.22. The molecule has 0 aromatic rings. The highest BCUT2D eigenvalue weighted by molar-refractivity contribution is 9.09. The topological polar surface area (TPSA) is 21.8 Å². The van der Waals surface area contributed by atoms with E-state index in [9.17, 15) is 0 Å². The molecule has 0 bridgehead atoms. The molecule has 0 aliphatic carbocycles. The molecular formula is C18H35BrO2. The first-order valence-corrected chi connectivity index (χ1v) is 10.2. The second-order valence-corrected chi connectivity index (χ2v) is 7.52. The van der Waals surface area contributed by atoms with Gasteiger partial charge in [0.1, 0.15) is 5.60 Å². The van der Waals surface area contributed by atoms with Crippen molar-refractivity contribution < 1.29 is 9.47 Å². The summed E-state index contributed by atoms with van der Waals surface area (Å²) in [5, 5.41) is 1.17. The van der Waals surface area contributed by atoms with Gasteiger partial charge in [0.25, 0.3) is 0 Å². The average Bonchev–Trinajstić information content (AvgIpc) is 3.21. The van der Waals surface area contributed by atoms with Gasteiger partial charge in [0, 0.05) is 11.9 Å². The van der Waals surface area contributed by atoms with Gasteiger partial charge < -0.3 is 9.47 Å². The van der Waals surface area contributed by atoms with E-state index in [1.807, 2.05) is 0 Å². The van der Waals surface area contributed by atoms with Gasteiger partial charge in [-0.05, 0) is 19.8 Å². The quantitative estimate of drug-likeness (QED) is 0.194. The minimum Gasteiger partial charge on any atom is -0.378 e. The zero-order chi connectivity index (χ0) is 15.2. The Kier molecular flexibility index (Phi) is 11.9. The van der Waals surface area contributed by atoms with E-state index in [1.54, 1.807) is 0 Å². The van der Waals surface area contributed by atoms with Crippen LogP contribution in [0.2, 0.25) is 0 Å². The van der Waals surface area contributed by atoms with Crippen molar-refractivity contribution in [3.63, 3.8) is 0 Å². The van der Waals surface area contributed by atoms with Crippen LogP contribution in [0.1, 0.15) is 84.0 Å². The van der Waals surface area contributed by atoms with Crippen molar-refractivity contribution >= 4 is 15.9 Å². The number of rotatable bonds is 16. The molecule has 1 fully saturated rings. The van der Waals surface area contributed by atoms with E-state index in [4.69, 9.17) is 9.47 Å². The first-order valence-electron chi connectivity index (χ1n) is 9.04. The van der Waals surface area contributed by atoms with E-state index < -0.39 is 0 Å². The van der Waals surface area contributed by atoms with Crippen LogP contribution in [0, 0.1) is 0 Å². The van der Waals surface area contributed by atoms with E-state index in [1.165, 1.54) is 82.4 Å². The Morgan fingerprint density at radius 2 is 1.24 bits per heavy atom. The molecule has 2 nitrogen and oxygen atoms in total. The molecule has 1 unspecified atom stereocenters. The second-order valence-electron chi connectivity index (χ2n) is 6.72. The molecule has 3 heteroatoms. The fraction of sp³-hybridized carbons (Fsp3) is 1.00. The predicted molar refractivity (Wildman–Crippen MR) is 94.4 cm³/mol. The number of halogens is 1. The maximum atomic E-state index is 5.63. The number of hydrogen-bond acceptors (Lipinski definition) is 2. The molecule has 21 heavy (non-hydrogen) atoms. The van der Waals surface area contributed by atoms with Crippen LogP contribution in [0.25, 0.3) is 0 Å². The molecule has 0 aromatic carbocycles. The van der Waals surface area contributed by atoms with E-state index in [-0.39, 0.29) is 5.60 Å². The highest BCUT2D eigenvalue weighted by Gasteiger charge is 2.39. The number of unbranched alkanes of at least 4 members (excludes halogenated alkanes) is 11. The minimum atomic E-state index is 0.0637. The van der Waals surface area contributed by atoms with Crippen LogP contribution >= 0.6 is 15.9 Å². The molecule has 1 heterocycles. The first-order chi connectivity index (χ1) is 10.3. The predicted octanol–water partition coefficient (Wildman–Crippen LogP) is 5.87. The fourth-order valence-electron chi connectivity index (χ4n) is 2.56. The summed E-state index contributed by atoms with van der Waals surface area (Å²) in [5.74, 6) is 0. The fourth-order valence-corrected chi connectivity index (χ4v) is 2.96. The largest absolute Gasteiger partial charge is 0.378 e. The van der Waals surface area contributed by atoms with E-state index >= 15 is 0 Å². The maximum absolute atomic E-state index is 5.63. The first kappa shape index (κ1) is 19.4. The lowest BCUT2D eigenvalue weighted by molar-refractivity contribution is 0.0825. The number of ether oxygens (including phenoxy) is 2. The average molecular weight is 363 g/mol. The van der Waals surface area contributed by atoms with E-state index in [2.05, 4.69) is 22.9 Å². The molecule has 0 radical (unpaired) electrons. The summed E-state index contributed by atoms with van der Waals surface area (Å²) >= 11 is 3.49. The highest BCUT2D eigenvalue weighted by Crippen LogP contribution is 2.25. The van der Waals surface area contributed by atoms with Crippen LogP contribution in [0.15, 0.2) is 0 Å². The lowest BCUT2D eigenvalue weighted by Crippen LogP contribution is -2.14. The molecule has 1 saturated heterocycles. The van der Waals surface area contributed by atoms with Crippen LogP contribution in [0.3, 0.4) is 0 Å². The Morgan fingerprint density at radius 1 is 0.810 bits per heavy atom. The van der Waals surface area contributed by atoms with Gasteiger partial charge >= 0.3 is 0 Å². The third kappa shape index (κ3) is 12.6. The SMILES string of the molecule is CC1(COCCCCCCCCCCCCCCBr)CO1. The third-order valence-corrected chi connectivity index (χ3v) is 4.78. The maximum Gasteiger partial charge on any atom is 0.112 e. The number of alkyl halides is 1. The Bertz CT molecular complexity index is 229. The summed E-state index contributed by atoms with van der Waals surface area (Å²) in [6, 6.07) is 0. The molecule has 0 saturated carbocycles. The van der Waals surface area contributed by atoms with Crippen molar-refractivity contribution in [1.29, 1.82) is 0 Å². The minimum absolute atomic E-state index is 0.0637. The summed E-state index contributed by atoms with van der Waals surface area (Å²) in [4.78, 5) is 0. The molecule has 126 valence electrons. The van der Waals surface area contributed by atoms with Gasteiger partial charge in [0.15, 0.2) is 0 Å². The van der Waals surface area contributed by atoms with Crippen LogP contribution in [0.4, 0.5) is 0 Å². The Morgan fingerprint density at radius 3 is 1.67 bits per heavy atom. The monoisotopic (exact) mass is 362 g/mol. The summed E-state index contributed by atoms with van der Waals surface area (Å²) in [6.45, 7) is 4.69. The Balaban J connectivity index is 1.63. The van der Waals surface area contributed by atoms with Crippen molar-refractivity contribution in [3.05, 3.63) is 0 Å². The second kappa shape index (κ2) is 12.9. The van der Waals surface area contributed by atoms with Gasteiger partial charge in [-0.15, -0.1) is 0 Å². The van der Waals surface area contributed by atoms with Crippen molar-refractivity contribution in [2.24, 2.45) is 0 Å². The van der Waals surface area contributed by atoms with Gasteiger partial charge in [-0.25, -0.2) is 0 Å². The van der Waals surface area contributed by atoms with E-state index in [0.29, 0.717) is 0 Å². The van der Waals surface area contributed by atoms with Crippen LogP contribution < -0.4 is 0 Å². The summed E-state index contributed by atoms with van der Waals surface area (Å²) < 4.78 is 10.9. The smallest absolute Gasteiger partial charge is 0.112 e. The standard InChI is InChI=1S/C18H35BrO2/c1-18(17-21-18)16-20-15-13-11-9-7-5-3-2-4-6-8-10-12-14-19/h2-17H2,1H3. The molecule has 0 spiro atoms. The van der Waals surface area contributed by atoms with Gasteiger partial charge in [-0.1, -0.05) is 80.1 Å². The number of hydrogen-bond donors (Lipinski definition) is 0. The van der Waals surface area contributed by atoms with Crippen molar-refractivity contribution in [3.8, 4) is 0 Å². The van der Waals surface area contributed by atoms with Crippen LogP contribution in [-0.4, -0.2) is 30.8 Å². The normalized spacial score (nSPS) is 20.9. The summed E-state index contributed by atoms with van der Waals surface area (Å²) in [5.41, 5.74) is 0.0637. The van der Waals surface area contributed by atoms with Gasteiger partial charge in [0.05, 0.1) is 13.2 Å². The summed E-state index contributed by atoms with van der Waals surface area (Å²) in [6.07, 6.45) is 16.7. The van der Waals surface area contributed by atoms with Gasteiger partial charge in [0.2, 0.25) is 0 Å². The zero-order valence-electron chi connectivity index (χ0n) is 14.0. The van der Waals surface area contributed by atoms with Crippen LogP contribution in [-0.2, 0) is 9.47 Å². The van der Waals surface area contributed by atoms with Gasteiger partial charge in [-0.2, -0.15) is 0 Å². The molecule has 0 aromatic heterocycles. The van der Waals surface area contributed by atoms with Crippen molar-refractivity contribution in [2.45, 2.75) is 89.6 Å². The lowest BCUT2D eigenvalue weighted by atomic mass is 10.1. The molecule has 0 amide bonds. The zero-order valence-corrected chi connectivity index (χ0v) is 15.6. The molecule has 1 rings (SSSR count). The Labute approximate surface area is 140 Å². The number of epoxide rings is 1. The molecule has 1 aliphatic heterocycles. The van der Waals surface area contributed by atoms with Crippen molar-refractivity contribution in [1.82, 2.24) is 0 Å². The lowest BCUT2D eigenvalue weighted by Gasteiger charge is -2.06.